The van der Waals surface area contributed by atoms with Gasteiger partial charge in [-0.3, -0.25) is 9.78 Å². The quantitative estimate of drug-likeness (QED) is 0.506. The number of piperidine rings is 1. The highest BCUT2D eigenvalue weighted by atomic mass is 16.1. The van der Waals surface area contributed by atoms with Crippen LogP contribution in [-0.2, 0) is 4.79 Å². The molecule has 0 radical (unpaired) electrons. The van der Waals surface area contributed by atoms with E-state index in [0.717, 1.165) is 53.2 Å². The van der Waals surface area contributed by atoms with Crippen molar-refractivity contribution in [1.82, 2.24) is 14.5 Å². The predicted molar refractivity (Wildman–Crippen MR) is 128 cm³/mol. The lowest BCUT2D eigenvalue weighted by atomic mass is 9.96. The third-order valence-electron chi connectivity index (χ3n) is 6.25. The topological polar surface area (TPSA) is 63.1 Å². The number of carbonyl (C=O) groups is 1. The summed E-state index contributed by atoms with van der Waals surface area (Å²) in [6, 6.07) is 16.3. The first-order chi connectivity index (χ1) is 15.6. The maximum atomic E-state index is 13.1. The zero-order chi connectivity index (χ0) is 22.1. The van der Waals surface area contributed by atoms with Crippen molar-refractivity contribution in [3.8, 4) is 5.69 Å². The van der Waals surface area contributed by atoms with Gasteiger partial charge in [-0.05, 0) is 69.2 Å². The Morgan fingerprint density at radius 3 is 2.66 bits per heavy atom. The van der Waals surface area contributed by atoms with Crippen LogP contribution in [0.4, 0.5) is 11.4 Å². The highest BCUT2D eigenvalue weighted by Crippen LogP contribution is 2.30. The molecule has 2 aromatic heterocycles. The van der Waals surface area contributed by atoms with Gasteiger partial charge >= 0.3 is 0 Å². The Labute approximate surface area is 187 Å². The van der Waals surface area contributed by atoms with Crippen molar-refractivity contribution in [3.05, 3.63) is 78.5 Å². The van der Waals surface area contributed by atoms with Crippen molar-refractivity contribution in [1.29, 1.82) is 0 Å². The van der Waals surface area contributed by atoms with Crippen molar-refractivity contribution < 1.29 is 4.79 Å². The van der Waals surface area contributed by atoms with Gasteiger partial charge < -0.3 is 14.8 Å². The molecule has 0 saturated carbocycles. The average molecular weight is 426 g/mol. The summed E-state index contributed by atoms with van der Waals surface area (Å²) in [4.78, 5) is 24.2. The molecule has 5 rings (SSSR count). The maximum Gasteiger partial charge on any atom is 0.229 e. The van der Waals surface area contributed by atoms with Gasteiger partial charge in [0, 0.05) is 54.1 Å². The van der Waals surface area contributed by atoms with Gasteiger partial charge in [-0.2, -0.15) is 0 Å². The number of fused-ring (bicyclic) bond motifs is 1. The second-order valence-electron chi connectivity index (χ2n) is 8.52. The van der Waals surface area contributed by atoms with E-state index in [-0.39, 0.29) is 11.8 Å². The lowest BCUT2D eigenvalue weighted by molar-refractivity contribution is -0.120. The molecular weight excluding hydrogens is 398 g/mol. The Morgan fingerprint density at radius 1 is 1.03 bits per heavy atom. The molecule has 1 fully saturated rings. The second-order valence-corrected chi connectivity index (χ2v) is 8.52. The van der Waals surface area contributed by atoms with Crippen LogP contribution >= 0.6 is 0 Å². The minimum absolute atomic E-state index is 0.0488. The Kier molecular flexibility index (Phi) is 5.35. The van der Waals surface area contributed by atoms with Crippen molar-refractivity contribution in [2.24, 2.45) is 5.92 Å². The molecule has 32 heavy (non-hydrogen) atoms. The van der Waals surface area contributed by atoms with Gasteiger partial charge in [-0.25, -0.2) is 4.98 Å². The largest absolute Gasteiger partial charge is 0.370 e. The van der Waals surface area contributed by atoms with Crippen LogP contribution in [0.15, 0.2) is 67.1 Å². The van der Waals surface area contributed by atoms with E-state index in [1.54, 1.807) is 6.20 Å². The van der Waals surface area contributed by atoms with E-state index >= 15 is 0 Å². The number of benzene rings is 2. The molecular formula is C26H27N5O. The number of carbonyl (C=O) groups excluding carboxylic acids is 1. The number of rotatable bonds is 4. The first kappa shape index (κ1) is 20.2. The predicted octanol–water partition coefficient (Wildman–Crippen LogP) is 4.89. The summed E-state index contributed by atoms with van der Waals surface area (Å²) in [5.41, 5.74) is 5.22. The summed E-state index contributed by atoms with van der Waals surface area (Å²) in [5.74, 6) is 0.964. The number of anilines is 2. The standard InChI is InChI=1S/C26H27N5O/c1-18-5-10-24-23(16-18)25(11-12-28-24)30-14-3-4-20(17-30)26(32)29-21-6-8-22(9-7-21)31-15-13-27-19(31)2/h5-13,15-16,20H,3-4,14,17H2,1-2H3,(H,29,32). The molecule has 1 atom stereocenters. The molecule has 1 saturated heterocycles. The van der Waals surface area contributed by atoms with Gasteiger partial charge in [0.15, 0.2) is 0 Å². The molecule has 4 aromatic rings. The smallest absolute Gasteiger partial charge is 0.229 e. The van der Waals surface area contributed by atoms with Crippen LogP contribution in [0, 0.1) is 19.8 Å². The lowest BCUT2D eigenvalue weighted by Crippen LogP contribution is -2.40. The number of aryl methyl sites for hydroxylation is 2. The molecule has 1 amide bonds. The number of amides is 1. The molecule has 2 aromatic carbocycles. The molecule has 1 N–H and O–H groups in total. The van der Waals surface area contributed by atoms with Crippen molar-refractivity contribution in [3.63, 3.8) is 0 Å². The molecule has 1 aliphatic rings. The van der Waals surface area contributed by atoms with Crippen molar-refractivity contribution >= 4 is 28.2 Å². The fourth-order valence-electron chi connectivity index (χ4n) is 4.53. The molecule has 6 heteroatoms. The van der Waals surface area contributed by atoms with Crippen LogP contribution in [0.2, 0.25) is 0 Å². The first-order valence-corrected chi connectivity index (χ1v) is 11.1. The monoisotopic (exact) mass is 425 g/mol. The minimum Gasteiger partial charge on any atom is -0.370 e. The summed E-state index contributed by atoms with van der Waals surface area (Å²) in [5, 5.41) is 4.27. The summed E-state index contributed by atoms with van der Waals surface area (Å²) >= 11 is 0. The lowest BCUT2D eigenvalue weighted by Gasteiger charge is -2.34. The molecule has 0 bridgehead atoms. The Balaban J connectivity index is 1.30. The third-order valence-corrected chi connectivity index (χ3v) is 6.25. The van der Waals surface area contributed by atoms with Gasteiger partial charge in [-0.15, -0.1) is 0 Å². The number of aromatic nitrogens is 3. The van der Waals surface area contributed by atoms with Gasteiger partial charge in [0.2, 0.25) is 5.91 Å². The van der Waals surface area contributed by atoms with Gasteiger partial charge in [0.25, 0.3) is 0 Å². The summed E-state index contributed by atoms with van der Waals surface area (Å²) < 4.78 is 2.02. The highest BCUT2D eigenvalue weighted by Gasteiger charge is 2.27. The van der Waals surface area contributed by atoms with Crippen LogP contribution < -0.4 is 10.2 Å². The Bertz CT molecular complexity index is 1260. The summed E-state index contributed by atoms with van der Waals surface area (Å²) in [7, 11) is 0. The van der Waals surface area contributed by atoms with Crippen molar-refractivity contribution in [2.45, 2.75) is 26.7 Å². The summed E-state index contributed by atoms with van der Waals surface area (Å²) in [6.07, 6.45) is 7.47. The number of hydrogen-bond donors (Lipinski definition) is 1. The molecule has 6 nitrogen and oxygen atoms in total. The highest BCUT2D eigenvalue weighted by molar-refractivity contribution is 5.95. The number of nitrogens with zero attached hydrogens (tertiary/aromatic N) is 4. The average Bonchev–Trinajstić information content (AvgIpc) is 3.25. The molecule has 3 heterocycles. The number of nitrogens with one attached hydrogen (secondary N) is 1. The van der Waals surface area contributed by atoms with E-state index in [2.05, 4.69) is 51.4 Å². The van der Waals surface area contributed by atoms with E-state index in [1.165, 1.54) is 5.56 Å². The van der Waals surface area contributed by atoms with E-state index in [9.17, 15) is 4.79 Å². The molecule has 162 valence electrons. The number of hydrogen-bond acceptors (Lipinski definition) is 4. The van der Waals surface area contributed by atoms with E-state index in [1.807, 2.05) is 48.1 Å². The Morgan fingerprint density at radius 2 is 1.88 bits per heavy atom. The zero-order valence-electron chi connectivity index (χ0n) is 18.5. The Hall–Kier alpha value is -3.67. The van der Waals surface area contributed by atoms with Crippen LogP contribution in [0.3, 0.4) is 0 Å². The number of pyridine rings is 1. The van der Waals surface area contributed by atoms with Crippen LogP contribution in [-0.4, -0.2) is 33.5 Å². The van der Waals surface area contributed by atoms with Crippen LogP contribution in [0.5, 0.6) is 0 Å². The van der Waals surface area contributed by atoms with Crippen molar-refractivity contribution in [2.75, 3.05) is 23.3 Å². The minimum atomic E-state index is -0.0488. The third kappa shape index (κ3) is 3.96. The van der Waals surface area contributed by atoms with E-state index in [0.29, 0.717) is 6.54 Å². The molecule has 1 unspecified atom stereocenters. The zero-order valence-corrected chi connectivity index (χ0v) is 18.5. The van der Waals surface area contributed by atoms with Gasteiger partial charge in [-0.1, -0.05) is 11.6 Å². The molecule has 0 aliphatic carbocycles. The molecule has 0 spiro atoms. The first-order valence-electron chi connectivity index (χ1n) is 11.1. The van der Waals surface area contributed by atoms with E-state index < -0.39 is 0 Å². The normalized spacial score (nSPS) is 16.3. The second kappa shape index (κ2) is 8.46. The fourth-order valence-corrected chi connectivity index (χ4v) is 4.53. The SMILES string of the molecule is Cc1ccc2nccc(N3CCCC(C(=O)Nc4ccc(-n5ccnc5C)cc4)C3)c2c1. The van der Waals surface area contributed by atoms with Gasteiger partial charge in [0.05, 0.1) is 11.4 Å². The van der Waals surface area contributed by atoms with Crippen LogP contribution in [0.25, 0.3) is 16.6 Å². The maximum absolute atomic E-state index is 13.1. The van der Waals surface area contributed by atoms with Crippen LogP contribution in [0.1, 0.15) is 24.2 Å². The van der Waals surface area contributed by atoms with Gasteiger partial charge in [0.1, 0.15) is 5.82 Å². The summed E-state index contributed by atoms with van der Waals surface area (Å²) in [6.45, 7) is 5.74. The molecule has 1 aliphatic heterocycles. The fraction of sp³-hybridized carbons (Fsp3) is 0.269. The number of imidazole rings is 1. The van der Waals surface area contributed by atoms with E-state index in [4.69, 9.17) is 0 Å².